The van der Waals surface area contributed by atoms with Crippen LogP contribution in [0.5, 0.6) is 0 Å². The molecule has 7 heteroatoms. The van der Waals surface area contributed by atoms with Crippen LogP contribution in [0.25, 0.3) is 0 Å². The molecule has 1 aromatic rings. The van der Waals surface area contributed by atoms with Crippen LogP contribution >= 0.6 is 0 Å². The first-order valence-electron chi connectivity index (χ1n) is 6.76. The quantitative estimate of drug-likeness (QED) is 0.920. The fourth-order valence-corrected chi connectivity index (χ4v) is 2.36. The number of likely N-dealkylation sites (N-methyl/N-ethyl adjacent to an activating group) is 1. The third-order valence-electron chi connectivity index (χ3n) is 3.50. The highest BCUT2D eigenvalue weighted by Gasteiger charge is 2.31. The van der Waals surface area contributed by atoms with Crippen molar-refractivity contribution in [3.8, 4) is 0 Å². The van der Waals surface area contributed by atoms with Crippen LogP contribution in [0.1, 0.15) is 5.56 Å². The molecule has 0 aliphatic carbocycles. The fraction of sp³-hybridized carbons (Fsp3) is 0.500. The van der Waals surface area contributed by atoms with E-state index in [0.29, 0.717) is 31.9 Å². The zero-order chi connectivity index (χ0) is 15.5. The second kappa shape index (κ2) is 6.34. The van der Waals surface area contributed by atoms with E-state index >= 15 is 0 Å². The van der Waals surface area contributed by atoms with Crippen LogP contribution in [0, 0.1) is 0 Å². The SMILES string of the molecule is CNCC(=O)N1CCN(c2cccc(C(F)(F)F)c2)CC1. The number of nitrogens with zero attached hydrogens (tertiary/aromatic N) is 2. The Morgan fingerprint density at radius 2 is 1.90 bits per heavy atom. The summed E-state index contributed by atoms with van der Waals surface area (Å²) in [5.74, 6) is 0.0150. The molecule has 1 N–H and O–H groups in total. The average Bonchev–Trinajstić information content (AvgIpc) is 2.47. The zero-order valence-electron chi connectivity index (χ0n) is 11.8. The number of benzene rings is 1. The van der Waals surface area contributed by atoms with E-state index in [-0.39, 0.29) is 12.5 Å². The summed E-state index contributed by atoms with van der Waals surface area (Å²) in [6.45, 7) is 2.41. The summed E-state index contributed by atoms with van der Waals surface area (Å²) in [5.41, 5.74) is -0.0979. The van der Waals surface area contributed by atoms with Gasteiger partial charge in [0.2, 0.25) is 5.91 Å². The summed E-state index contributed by atoms with van der Waals surface area (Å²) in [7, 11) is 1.71. The standard InChI is InChI=1S/C14H18F3N3O/c1-18-10-13(21)20-7-5-19(6-8-20)12-4-2-3-11(9-12)14(15,16)17/h2-4,9,18H,5-8,10H2,1H3. The van der Waals surface area contributed by atoms with Gasteiger partial charge in [-0.2, -0.15) is 13.2 Å². The number of hydrogen-bond donors (Lipinski definition) is 1. The van der Waals surface area contributed by atoms with Crippen molar-refractivity contribution in [1.82, 2.24) is 10.2 Å². The summed E-state index contributed by atoms with van der Waals surface area (Å²) in [4.78, 5) is 15.3. The van der Waals surface area contributed by atoms with E-state index in [1.54, 1.807) is 18.0 Å². The van der Waals surface area contributed by atoms with Crippen molar-refractivity contribution in [2.24, 2.45) is 0 Å². The lowest BCUT2D eigenvalue weighted by Crippen LogP contribution is -2.50. The van der Waals surface area contributed by atoms with Gasteiger partial charge < -0.3 is 15.1 Å². The number of amides is 1. The average molecular weight is 301 g/mol. The number of hydrogen-bond acceptors (Lipinski definition) is 3. The molecule has 2 rings (SSSR count). The molecular weight excluding hydrogens is 283 g/mol. The predicted octanol–water partition coefficient (Wildman–Crippen LogP) is 1.57. The van der Waals surface area contributed by atoms with Gasteiger partial charge in [-0.3, -0.25) is 4.79 Å². The van der Waals surface area contributed by atoms with Crippen LogP contribution in [0.4, 0.5) is 18.9 Å². The van der Waals surface area contributed by atoms with Crippen LogP contribution in [0.2, 0.25) is 0 Å². The van der Waals surface area contributed by atoms with Crippen LogP contribution in [0.15, 0.2) is 24.3 Å². The number of carbonyl (C=O) groups is 1. The van der Waals surface area contributed by atoms with Crippen molar-refractivity contribution in [1.29, 1.82) is 0 Å². The largest absolute Gasteiger partial charge is 0.416 e. The number of piperazine rings is 1. The van der Waals surface area contributed by atoms with Crippen molar-refractivity contribution in [2.75, 3.05) is 44.7 Å². The Hall–Kier alpha value is -1.76. The number of halogens is 3. The lowest BCUT2D eigenvalue weighted by atomic mass is 10.1. The molecule has 116 valence electrons. The fourth-order valence-electron chi connectivity index (χ4n) is 2.36. The molecule has 0 unspecified atom stereocenters. The van der Waals surface area contributed by atoms with E-state index in [1.165, 1.54) is 6.07 Å². The number of carbonyl (C=O) groups excluding carboxylic acids is 1. The minimum Gasteiger partial charge on any atom is -0.368 e. The molecule has 1 aliphatic rings. The van der Waals surface area contributed by atoms with E-state index in [4.69, 9.17) is 0 Å². The molecule has 1 amide bonds. The van der Waals surface area contributed by atoms with Crippen molar-refractivity contribution in [3.05, 3.63) is 29.8 Å². The van der Waals surface area contributed by atoms with Crippen molar-refractivity contribution < 1.29 is 18.0 Å². The minimum atomic E-state index is -4.33. The molecule has 0 saturated carbocycles. The molecule has 1 saturated heterocycles. The Kier molecular flexibility index (Phi) is 4.72. The van der Waals surface area contributed by atoms with E-state index < -0.39 is 11.7 Å². The van der Waals surface area contributed by atoms with Crippen LogP contribution < -0.4 is 10.2 Å². The molecule has 0 spiro atoms. The van der Waals surface area contributed by atoms with Gasteiger partial charge in [-0.25, -0.2) is 0 Å². The first-order valence-corrected chi connectivity index (χ1v) is 6.76. The first kappa shape index (κ1) is 15.6. The Labute approximate surface area is 121 Å². The van der Waals surface area contributed by atoms with E-state index in [1.807, 2.05) is 4.90 Å². The molecule has 0 aromatic heterocycles. The molecule has 1 aliphatic heterocycles. The van der Waals surface area contributed by atoms with E-state index in [2.05, 4.69) is 5.32 Å². The molecule has 4 nitrogen and oxygen atoms in total. The second-order valence-corrected chi connectivity index (χ2v) is 4.95. The summed E-state index contributed by atoms with van der Waals surface area (Å²) in [6.07, 6.45) is -4.33. The van der Waals surface area contributed by atoms with Gasteiger partial charge in [0, 0.05) is 31.9 Å². The lowest BCUT2D eigenvalue weighted by Gasteiger charge is -2.36. The molecule has 0 radical (unpaired) electrons. The Morgan fingerprint density at radius 1 is 1.24 bits per heavy atom. The maximum absolute atomic E-state index is 12.7. The monoisotopic (exact) mass is 301 g/mol. The number of alkyl halides is 3. The third-order valence-corrected chi connectivity index (χ3v) is 3.50. The Morgan fingerprint density at radius 3 is 2.48 bits per heavy atom. The highest BCUT2D eigenvalue weighted by molar-refractivity contribution is 5.78. The maximum atomic E-state index is 12.7. The predicted molar refractivity (Wildman–Crippen MR) is 74.2 cm³/mol. The molecule has 21 heavy (non-hydrogen) atoms. The molecule has 1 fully saturated rings. The molecule has 1 heterocycles. The van der Waals surface area contributed by atoms with Gasteiger partial charge in [-0.1, -0.05) is 6.07 Å². The van der Waals surface area contributed by atoms with Crippen LogP contribution in [-0.4, -0.2) is 50.6 Å². The van der Waals surface area contributed by atoms with Gasteiger partial charge in [0.1, 0.15) is 0 Å². The van der Waals surface area contributed by atoms with Gasteiger partial charge >= 0.3 is 6.18 Å². The summed E-state index contributed by atoms with van der Waals surface area (Å²) in [5, 5.41) is 2.80. The molecule has 0 atom stereocenters. The highest BCUT2D eigenvalue weighted by atomic mass is 19.4. The van der Waals surface area contributed by atoms with Crippen LogP contribution in [0.3, 0.4) is 0 Å². The van der Waals surface area contributed by atoms with Gasteiger partial charge in [0.25, 0.3) is 0 Å². The van der Waals surface area contributed by atoms with Crippen molar-refractivity contribution >= 4 is 11.6 Å². The number of anilines is 1. The van der Waals surface area contributed by atoms with E-state index in [9.17, 15) is 18.0 Å². The summed E-state index contributed by atoms with van der Waals surface area (Å²) < 4.78 is 38.1. The van der Waals surface area contributed by atoms with Crippen molar-refractivity contribution in [3.63, 3.8) is 0 Å². The molecule has 1 aromatic carbocycles. The number of rotatable bonds is 3. The van der Waals surface area contributed by atoms with Gasteiger partial charge in [0.15, 0.2) is 0 Å². The third kappa shape index (κ3) is 3.87. The van der Waals surface area contributed by atoms with Gasteiger partial charge in [-0.15, -0.1) is 0 Å². The first-order chi connectivity index (χ1) is 9.91. The van der Waals surface area contributed by atoms with E-state index in [0.717, 1.165) is 12.1 Å². The Bertz CT molecular complexity index is 496. The summed E-state index contributed by atoms with van der Waals surface area (Å²) >= 11 is 0. The highest BCUT2D eigenvalue weighted by Crippen LogP contribution is 2.31. The number of nitrogens with one attached hydrogen (secondary N) is 1. The minimum absolute atomic E-state index is 0.0150. The topological polar surface area (TPSA) is 35.6 Å². The summed E-state index contributed by atoms with van der Waals surface area (Å²) in [6, 6.07) is 5.30. The van der Waals surface area contributed by atoms with Gasteiger partial charge in [-0.05, 0) is 25.2 Å². The Balaban J connectivity index is 2.01. The van der Waals surface area contributed by atoms with Crippen molar-refractivity contribution in [2.45, 2.75) is 6.18 Å². The zero-order valence-corrected chi connectivity index (χ0v) is 11.8. The lowest BCUT2D eigenvalue weighted by molar-refractivity contribution is -0.137. The molecular formula is C14H18F3N3O. The normalized spacial score (nSPS) is 16.2. The van der Waals surface area contributed by atoms with Crippen LogP contribution in [-0.2, 0) is 11.0 Å². The smallest absolute Gasteiger partial charge is 0.368 e. The maximum Gasteiger partial charge on any atom is 0.416 e. The molecule has 0 bridgehead atoms. The second-order valence-electron chi connectivity index (χ2n) is 4.95. The van der Waals surface area contributed by atoms with Gasteiger partial charge in [0.05, 0.1) is 12.1 Å².